The summed E-state index contributed by atoms with van der Waals surface area (Å²) in [5.74, 6) is 0.896. The summed E-state index contributed by atoms with van der Waals surface area (Å²) in [4.78, 5) is 0. The summed E-state index contributed by atoms with van der Waals surface area (Å²) in [6.07, 6.45) is 1.88. The van der Waals surface area contributed by atoms with Gasteiger partial charge in [0.25, 0.3) is 0 Å². The van der Waals surface area contributed by atoms with Crippen LogP contribution in [0.2, 0.25) is 0 Å². The molecule has 0 aliphatic carbocycles. The maximum atomic E-state index is 6.07. The number of nitrogens with two attached hydrogens (primary N) is 1. The van der Waals surface area contributed by atoms with E-state index in [1.54, 1.807) is 0 Å². The minimum atomic E-state index is 0.209. The predicted octanol–water partition coefficient (Wildman–Crippen LogP) is 2.86. The average Bonchev–Trinajstić information content (AvgIpc) is 2.76. The molecule has 0 spiro atoms. The van der Waals surface area contributed by atoms with E-state index >= 15 is 0 Å². The molecule has 1 atom stereocenters. The van der Waals surface area contributed by atoms with Crippen molar-refractivity contribution in [3.8, 4) is 5.75 Å². The van der Waals surface area contributed by atoms with Gasteiger partial charge in [-0.1, -0.05) is 25.1 Å². The Morgan fingerprint density at radius 2 is 1.95 bits per heavy atom. The second-order valence-corrected chi connectivity index (χ2v) is 5.41. The van der Waals surface area contributed by atoms with Crippen molar-refractivity contribution in [2.24, 2.45) is 5.73 Å². The van der Waals surface area contributed by atoms with E-state index in [4.69, 9.17) is 10.5 Å². The summed E-state index contributed by atoms with van der Waals surface area (Å²) >= 11 is 0. The number of ether oxygens (including phenoxy) is 1. The maximum Gasteiger partial charge on any atom is 0.119 e. The minimum absolute atomic E-state index is 0.209. The lowest BCUT2D eigenvalue weighted by Gasteiger charge is -2.10. The van der Waals surface area contributed by atoms with Crippen LogP contribution in [0.25, 0.3) is 0 Å². The smallest absolute Gasteiger partial charge is 0.119 e. The molecule has 1 heterocycles. The zero-order chi connectivity index (χ0) is 15.2. The minimum Gasteiger partial charge on any atom is -0.492 e. The van der Waals surface area contributed by atoms with Gasteiger partial charge >= 0.3 is 0 Å². The molecular weight excluding hydrogens is 262 g/mol. The fourth-order valence-electron chi connectivity index (χ4n) is 2.42. The van der Waals surface area contributed by atoms with E-state index in [1.165, 1.54) is 11.3 Å². The Kier molecular flexibility index (Phi) is 5.39. The van der Waals surface area contributed by atoms with Gasteiger partial charge in [-0.3, -0.25) is 4.68 Å². The second-order valence-electron chi connectivity index (χ2n) is 5.41. The van der Waals surface area contributed by atoms with E-state index < -0.39 is 0 Å². The summed E-state index contributed by atoms with van der Waals surface area (Å²) in [7, 11) is 0. The van der Waals surface area contributed by atoms with E-state index in [0.29, 0.717) is 6.61 Å². The largest absolute Gasteiger partial charge is 0.492 e. The zero-order valence-corrected chi connectivity index (χ0v) is 13.2. The third-order valence-electron chi connectivity index (χ3n) is 3.84. The Morgan fingerprint density at radius 3 is 2.62 bits per heavy atom. The number of hydrogen-bond donors (Lipinski definition) is 1. The molecule has 21 heavy (non-hydrogen) atoms. The number of aromatic nitrogens is 2. The normalized spacial score (nSPS) is 12.4. The lowest BCUT2D eigenvalue weighted by molar-refractivity contribution is 0.289. The molecule has 1 unspecified atom stereocenters. The van der Waals surface area contributed by atoms with E-state index in [1.807, 2.05) is 35.0 Å². The van der Waals surface area contributed by atoms with Crippen molar-refractivity contribution in [2.45, 2.75) is 46.2 Å². The molecule has 0 saturated heterocycles. The highest BCUT2D eigenvalue weighted by Crippen LogP contribution is 2.16. The average molecular weight is 287 g/mol. The van der Waals surface area contributed by atoms with Gasteiger partial charge < -0.3 is 10.5 Å². The van der Waals surface area contributed by atoms with Crippen molar-refractivity contribution in [1.29, 1.82) is 0 Å². The van der Waals surface area contributed by atoms with Crippen LogP contribution in [0.15, 0.2) is 30.3 Å². The van der Waals surface area contributed by atoms with Gasteiger partial charge in [-0.05, 0) is 44.4 Å². The monoisotopic (exact) mass is 287 g/mol. The molecule has 0 bridgehead atoms. The molecule has 0 aliphatic heterocycles. The van der Waals surface area contributed by atoms with Crippen LogP contribution in [-0.4, -0.2) is 22.4 Å². The fraction of sp³-hybridized carbons (Fsp3) is 0.471. The molecule has 1 aromatic heterocycles. The molecule has 2 rings (SSSR count). The molecule has 4 heteroatoms. The van der Waals surface area contributed by atoms with Gasteiger partial charge in [-0.15, -0.1) is 0 Å². The summed E-state index contributed by atoms with van der Waals surface area (Å²) < 4.78 is 7.75. The predicted molar refractivity (Wildman–Crippen MR) is 85.6 cm³/mol. The molecule has 2 N–H and O–H groups in total. The Morgan fingerprint density at radius 1 is 1.24 bits per heavy atom. The molecule has 0 fully saturated rings. The first-order chi connectivity index (χ1) is 10.1. The van der Waals surface area contributed by atoms with Crippen LogP contribution in [0.1, 0.15) is 30.3 Å². The Labute approximate surface area is 126 Å². The summed E-state index contributed by atoms with van der Waals surface area (Å²) in [5, 5.41) is 4.61. The van der Waals surface area contributed by atoms with Crippen molar-refractivity contribution < 1.29 is 4.74 Å². The Hall–Kier alpha value is -1.81. The highest BCUT2D eigenvalue weighted by molar-refractivity contribution is 5.25. The van der Waals surface area contributed by atoms with Crippen molar-refractivity contribution in [1.82, 2.24) is 9.78 Å². The van der Waals surface area contributed by atoms with Crippen LogP contribution in [0.4, 0.5) is 0 Å². The molecule has 1 aromatic carbocycles. The van der Waals surface area contributed by atoms with Crippen LogP contribution in [0.5, 0.6) is 5.75 Å². The molecule has 0 amide bonds. The highest BCUT2D eigenvalue weighted by atomic mass is 16.5. The van der Waals surface area contributed by atoms with Crippen LogP contribution in [0, 0.1) is 13.8 Å². The van der Waals surface area contributed by atoms with Crippen LogP contribution >= 0.6 is 0 Å². The fourth-order valence-corrected chi connectivity index (χ4v) is 2.42. The van der Waals surface area contributed by atoms with Crippen molar-refractivity contribution in [2.75, 3.05) is 6.61 Å². The SMILES string of the molecule is CCC(N)Cc1c(C)nn(CCOc2ccccc2)c1C. The van der Waals surface area contributed by atoms with E-state index in [0.717, 1.165) is 30.8 Å². The van der Waals surface area contributed by atoms with Gasteiger partial charge in [0, 0.05) is 11.7 Å². The maximum absolute atomic E-state index is 6.07. The quantitative estimate of drug-likeness (QED) is 0.852. The van der Waals surface area contributed by atoms with Gasteiger partial charge in [0.1, 0.15) is 12.4 Å². The number of nitrogens with zero attached hydrogens (tertiary/aromatic N) is 2. The first kappa shape index (κ1) is 15.6. The molecule has 0 saturated carbocycles. The summed E-state index contributed by atoms with van der Waals surface area (Å²) in [5.41, 5.74) is 9.63. The first-order valence-electron chi connectivity index (χ1n) is 7.58. The van der Waals surface area contributed by atoms with Crippen LogP contribution in [-0.2, 0) is 13.0 Å². The summed E-state index contributed by atoms with van der Waals surface area (Å²) in [6, 6.07) is 10.1. The molecule has 0 radical (unpaired) electrons. The number of aryl methyl sites for hydroxylation is 1. The van der Waals surface area contributed by atoms with E-state index in [9.17, 15) is 0 Å². The summed E-state index contributed by atoms with van der Waals surface area (Å²) in [6.45, 7) is 7.65. The lowest BCUT2D eigenvalue weighted by Crippen LogP contribution is -2.22. The van der Waals surface area contributed by atoms with Gasteiger partial charge in [-0.2, -0.15) is 5.10 Å². The Balaban J connectivity index is 1.96. The standard InChI is InChI=1S/C17H25N3O/c1-4-15(18)12-17-13(2)19-20(14(17)3)10-11-21-16-8-6-5-7-9-16/h5-9,15H,4,10-12,18H2,1-3H3. The second kappa shape index (κ2) is 7.27. The van der Waals surface area contributed by atoms with Gasteiger partial charge in [-0.25, -0.2) is 0 Å². The third-order valence-corrected chi connectivity index (χ3v) is 3.84. The Bertz CT molecular complexity index is 563. The third kappa shape index (κ3) is 4.08. The van der Waals surface area contributed by atoms with Crippen molar-refractivity contribution in [3.63, 3.8) is 0 Å². The first-order valence-corrected chi connectivity index (χ1v) is 7.58. The molecular formula is C17H25N3O. The molecule has 114 valence electrons. The van der Waals surface area contributed by atoms with Crippen LogP contribution in [0.3, 0.4) is 0 Å². The number of para-hydroxylation sites is 1. The number of hydrogen-bond acceptors (Lipinski definition) is 3. The van der Waals surface area contributed by atoms with Gasteiger partial charge in [0.2, 0.25) is 0 Å². The topological polar surface area (TPSA) is 53.1 Å². The zero-order valence-electron chi connectivity index (χ0n) is 13.2. The van der Waals surface area contributed by atoms with Crippen LogP contribution < -0.4 is 10.5 Å². The van der Waals surface area contributed by atoms with Crippen molar-refractivity contribution in [3.05, 3.63) is 47.3 Å². The number of benzene rings is 1. The van der Waals surface area contributed by atoms with Gasteiger partial charge in [0.15, 0.2) is 0 Å². The van der Waals surface area contributed by atoms with E-state index in [-0.39, 0.29) is 6.04 Å². The molecule has 0 aliphatic rings. The lowest BCUT2D eigenvalue weighted by atomic mass is 10.0. The van der Waals surface area contributed by atoms with Crippen molar-refractivity contribution >= 4 is 0 Å². The number of rotatable bonds is 7. The highest BCUT2D eigenvalue weighted by Gasteiger charge is 2.13. The van der Waals surface area contributed by atoms with Gasteiger partial charge in [0.05, 0.1) is 12.2 Å². The molecule has 2 aromatic rings. The van der Waals surface area contributed by atoms with E-state index in [2.05, 4.69) is 25.9 Å². The molecule has 4 nitrogen and oxygen atoms in total.